The summed E-state index contributed by atoms with van der Waals surface area (Å²) in [6, 6.07) is -0.840. The number of carbonyl (C=O) groups is 2. The molecule has 11 heteroatoms. The lowest BCUT2D eigenvalue weighted by Crippen LogP contribution is -2.60. The minimum absolute atomic E-state index is 0.0104. The van der Waals surface area contributed by atoms with Crippen molar-refractivity contribution in [3.63, 3.8) is 0 Å². The van der Waals surface area contributed by atoms with E-state index in [1.165, 1.54) is 161 Å². The number of amides is 1. The molecule has 0 aliphatic carbocycles. The van der Waals surface area contributed by atoms with Crippen LogP contribution in [0.4, 0.5) is 0 Å². The van der Waals surface area contributed by atoms with Crippen LogP contribution in [0.5, 0.6) is 0 Å². The summed E-state index contributed by atoms with van der Waals surface area (Å²) in [5, 5.41) is 54.2. The summed E-state index contributed by atoms with van der Waals surface area (Å²) in [4.78, 5) is 25.1. The van der Waals surface area contributed by atoms with E-state index < -0.39 is 49.5 Å². The Labute approximate surface area is 483 Å². The van der Waals surface area contributed by atoms with E-state index in [4.69, 9.17) is 14.2 Å². The maximum absolute atomic E-state index is 13.0. The highest BCUT2D eigenvalue weighted by molar-refractivity contribution is 5.76. The lowest BCUT2D eigenvalue weighted by molar-refractivity contribution is -0.302. The minimum atomic E-state index is -1.58. The molecule has 458 valence electrons. The zero-order chi connectivity index (χ0) is 57.3. The van der Waals surface area contributed by atoms with Gasteiger partial charge < -0.3 is 45.1 Å². The van der Waals surface area contributed by atoms with Gasteiger partial charge in [-0.1, -0.05) is 234 Å². The molecule has 1 aliphatic heterocycles. The highest BCUT2D eigenvalue weighted by atomic mass is 16.7. The van der Waals surface area contributed by atoms with Gasteiger partial charge >= 0.3 is 5.97 Å². The Balaban J connectivity index is 2.00. The number of allylic oxidation sites excluding steroid dienone is 11. The number of ether oxygens (including phenoxy) is 3. The van der Waals surface area contributed by atoms with Crippen molar-refractivity contribution >= 4 is 11.9 Å². The van der Waals surface area contributed by atoms with E-state index in [9.17, 15) is 35.1 Å². The van der Waals surface area contributed by atoms with Crippen LogP contribution >= 0.6 is 0 Å². The van der Waals surface area contributed by atoms with Crippen LogP contribution in [0.2, 0.25) is 0 Å². The largest absolute Gasteiger partial charge is 0.466 e. The van der Waals surface area contributed by atoms with Gasteiger partial charge in [0.05, 0.1) is 32.0 Å². The van der Waals surface area contributed by atoms with Crippen molar-refractivity contribution in [2.75, 3.05) is 19.8 Å². The molecule has 0 radical (unpaired) electrons. The fourth-order valence-corrected chi connectivity index (χ4v) is 9.85. The smallest absolute Gasteiger partial charge is 0.305 e. The van der Waals surface area contributed by atoms with E-state index in [-0.39, 0.29) is 18.5 Å². The van der Waals surface area contributed by atoms with Gasteiger partial charge in [-0.3, -0.25) is 9.59 Å². The summed E-state index contributed by atoms with van der Waals surface area (Å²) >= 11 is 0. The summed E-state index contributed by atoms with van der Waals surface area (Å²) in [5.74, 6) is -0.216. The first kappa shape index (κ1) is 74.1. The quantitative estimate of drug-likeness (QED) is 0.0195. The number of esters is 1. The average Bonchev–Trinajstić information content (AvgIpc) is 3.45. The van der Waals surface area contributed by atoms with Gasteiger partial charge in [0.1, 0.15) is 24.4 Å². The molecule has 7 atom stereocenters. The molecule has 79 heavy (non-hydrogen) atoms. The van der Waals surface area contributed by atoms with E-state index in [0.717, 1.165) is 96.3 Å². The number of carbonyl (C=O) groups excluding carboxylic acids is 2. The van der Waals surface area contributed by atoms with Gasteiger partial charge in [-0.2, -0.15) is 0 Å². The number of aliphatic hydroxyl groups excluding tert-OH is 5. The Morgan fingerprint density at radius 1 is 0.481 bits per heavy atom. The summed E-state index contributed by atoms with van der Waals surface area (Å²) in [7, 11) is 0. The topological polar surface area (TPSA) is 175 Å². The summed E-state index contributed by atoms with van der Waals surface area (Å²) < 4.78 is 16.7. The first-order valence-corrected chi connectivity index (χ1v) is 32.7. The molecular weight excluding hydrogens is 991 g/mol. The molecule has 1 fully saturated rings. The second-order valence-electron chi connectivity index (χ2n) is 22.4. The molecule has 1 rings (SSSR count). The standard InChI is InChI=1S/C68H121NO10/c1-3-5-7-9-11-13-15-16-17-30-33-36-40-44-48-52-56-64(73)77-57-53-49-45-41-37-34-31-28-26-24-22-20-18-19-21-23-25-27-29-32-35-39-43-47-51-55-63(72)69-60(59-78-68-67(76)66(75)65(74)62(58-70)79-68)61(71)54-50-46-42-38-14-12-10-8-6-4-2/h6,8,14,17,19-22,30,38,50,54,60-62,65-68,70-71,74-76H,3-5,7,9-13,15-16,18,23-29,31-37,39-49,51-53,55-59H2,1-2H3,(H,69,72)/b8-6+,21-19-,22-20-,30-17-,38-14+,54-50+. The zero-order valence-electron chi connectivity index (χ0n) is 50.6. The van der Waals surface area contributed by atoms with Crippen LogP contribution < -0.4 is 5.32 Å². The van der Waals surface area contributed by atoms with Crippen LogP contribution in [0.3, 0.4) is 0 Å². The molecule has 0 aromatic heterocycles. The lowest BCUT2D eigenvalue weighted by atomic mass is 9.99. The maximum Gasteiger partial charge on any atom is 0.305 e. The third-order valence-corrected chi connectivity index (χ3v) is 15.0. The second kappa shape index (κ2) is 56.9. The second-order valence-corrected chi connectivity index (χ2v) is 22.4. The molecule has 0 aromatic carbocycles. The van der Waals surface area contributed by atoms with Crippen LogP contribution in [0.15, 0.2) is 72.9 Å². The Morgan fingerprint density at radius 2 is 0.899 bits per heavy atom. The van der Waals surface area contributed by atoms with Gasteiger partial charge in [0.15, 0.2) is 6.29 Å². The molecule has 0 aromatic rings. The van der Waals surface area contributed by atoms with Crippen LogP contribution in [0.25, 0.3) is 0 Å². The van der Waals surface area contributed by atoms with E-state index >= 15 is 0 Å². The third kappa shape index (κ3) is 46.3. The predicted octanol–water partition coefficient (Wildman–Crippen LogP) is 16.0. The molecule has 1 amide bonds. The summed E-state index contributed by atoms with van der Waals surface area (Å²) in [6.07, 6.45) is 66.0. The third-order valence-electron chi connectivity index (χ3n) is 15.0. The molecule has 6 N–H and O–H groups in total. The highest BCUT2D eigenvalue weighted by Crippen LogP contribution is 2.23. The Hall–Kier alpha value is -2.90. The molecule has 0 bridgehead atoms. The molecule has 1 heterocycles. The molecule has 0 saturated carbocycles. The van der Waals surface area contributed by atoms with Gasteiger partial charge in [-0.05, 0) is 109 Å². The minimum Gasteiger partial charge on any atom is -0.466 e. The molecular formula is C68H121NO10. The summed E-state index contributed by atoms with van der Waals surface area (Å²) in [6.45, 7) is 4.19. The van der Waals surface area contributed by atoms with Gasteiger partial charge in [0.25, 0.3) is 0 Å². The lowest BCUT2D eigenvalue weighted by Gasteiger charge is -2.40. The summed E-state index contributed by atoms with van der Waals surface area (Å²) in [5.41, 5.74) is 0. The van der Waals surface area contributed by atoms with Gasteiger partial charge in [0.2, 0.25) is 5.91 Å². The van der Waals surface area contributed by atoms with Gasteiger partial charge in [0, 0.05) is 12.8 Å². The predicted molar refractivity (Wildman–Crippen MR) is 329 cm³/mol. The number of nitrogens with one attached hydrogen (secondary N) is 1. The number of aliphatic hydroxyl groups is 5. The number of unbranched alkanes of at least 4 members (excludes halogenated alkanes) is 32. The Kier molecular flexibility index (Phi) is 53.4. The molecule has 0 spiro atoms. The van der Waals surface area contributed by atoms with Crippen LogP contribution in [-0.4, -0.2) is 100 Å². The fourth-order valence-electron chi connectivity index (χ4n) is 9.85. The molecule has 11 nitrogen and oxygen atoms in total. The Morgan fingerprint density at radius 3 is 1.39 bits per heavy atom. The van der Waals surface area contributed by atoms with E-state index in [0.29, 0.717) is 19.4 Å². The van der Waals surface area contributed by atoms with Gasteiger partial charge in [-0.15, -0.1) is 0 Å². The number of rotatable bonds is 56. The zero-order valence-corrected chi connectivity index (χ0v) is 50.6. The van der Waals surface area contributed by atoms with Crippen LogP contribution in [0.1, 0.15) is 284 Å². The van der Waals surface area contributed by atoms with Crippen molar-refractivity contribution in [2.45, 2.75) is 326 Å². The normalized spacial score (nSPS) is 18.9. The van der Waals surface area contributed by atoms with Crippen molar-refractivity contribution in [1.82, 2.24) is 5.32 Å². The van der Waals surface area contributed by atoms with Crippen LogP contribution in [-0.2, 0) is 23.8 Å². The first-order valence-electron chi connectivity index (χ1n) is 32.7. The number of hydrogen-bond donors (Lipinski definition) is 6. The average molecular weight is 1110 g/mol. The molecule has 1 saturated heterocycles. The fraction of sp³-hybridized carbons (Fsp3) is 0.794. The Bertz CT molecular complexity index is 1540. The highest BCUT2D eigenvalue weighted by Gasteiger charge is 2.44. The van der Waals surface area contributed by atoms with E-state index in [1.54, 1.807) is 6.08 Å². The van der Waals surface area contributed by atoms with Crippen molar-refractivity contribution in [1.29, 1.82) is 0 Å². The van der Waals surface area contributed by atoms with Crippen molar-refractivity contribution in [2.24, 2.45) is 0 Å². The SMILES string of the molecule is CC/C=C/CC/C=C/CC/C=C/C(O)C(COC1OC(CO)C(O)C(O)C1O)NC(=O)CCCCCCCCCCC/C=C\C/C=C\CCCCCCCCCCCOC(=O)CCCCCCC/C=C\CCCCCCCCC. The van der Waals surface area contributed by atoms with Crippen molar-refractivity contribution < 1.29 is 49.3 Å². The van der Waals surface area contributed by atoms with Gasteiger partial charge in [-0.25, -0.2) is 0 Å². The molecule has 1 aliphatic rings. The first-order chi connectivity index (χ1) is 38.7. The maximum atomic E-state index is 13.0. The van der Waals surface area contributed by atoms with Crippen molar-refractivity contribution in [3.05, 3.63) is 72.9 Å². The monoisotopic (exact) mass is 1110 g/mol. The van der Waals surface area contributed by atoms with Crippen molar-refractivity contribution in [3.8, 4) is 0 Å². The number of hydrogen-bond acceptors (Lipinski definition) is 10. The van der Waals surface area contributed by atoms with E-state index in [1.807, 2.05) is 6.08 Å². The molecule has 7 unspecified atom stereocenters. The van der Waals surface area contributed by atoms with E-state index in [2.05, 4.69) is 79.9 Å². The van der Waals surface area contributed by atoms with Crippen LogP contribution in [0, 0.1) is 0 Å².